The topological polar surface area (TPSA) is 103 Å². The molecule has 0 aliphatic carbocycles. The fourth-order valence-electron chi connectivity index (χ4n) is 2.71. The lowest BCUT2D eigenvalue weighted by Crippen LogP contribution is -2.36. The number of ether oxygens (including phenoxy) is 1. The van der Waals surface area contributed by atoms with Crippen molar-refractivity contribution in [3.63, 3.8) is 0 Å². The first-order chi connectivity index (χ1) is 13.3. The predicted molar refractivity (Wildman–Crippen MR) is 96.1 cm³/mol. The minimum Gasteiger partial charge on any atom is -0.379 e. The van der Waals surface area contributed by atoms with Crippen LogP contribution in [0.25, 0.3) is 0 Å². The zero-order valence-corrected chi connectivity index (χ0v) is 15.5. The Bertz CT molecular complexity index is 877. The molecule has 3 N–H and O–H groups in total. The van der Waals surface area contributed by atoms with E-state index in [1.54, 1.807) is 0 Å². The molecular formula is C16H18F3N5O3S. The van der Waals surface area contributed by atoms with Gasteiger partial charge in [0.05, 0.1) is 24.5 Å². The van der Waals surface area contributed by atoms with E-state index in [2.05, 4.69) is 20.5 Å². The Morgan fingerprint density at radius 3 is 2.71 bits per heavy atom. The molecule has 152 valence electrons. The van der Waals surface area contributed by atoms with E-state index in [0.717, 1.165) is 17.8 Å². The van der Waals surface area contributed by atoms with Crippen molar-refractivity contribution in [2.24, 2.45) is 0 Å². The molecule has 0 saturated carbocycles. The third-order valence-electron chi connectivity index (χ3n) is 4.02. The van der Waals surface area contributed by atoms with Crippen molar-refractivity contribution in [3.05, 3.63) is 39.8 Å². The molecule has 0 atom stereocenters. The number of thioether (sulfide) groups is 1. The highest BCUT2D eigenvalue weighted by Crippen LogP contribution is 2.34. The third-order valence-corrected chi connectivity index (χ3v) is 4.89. The fourth-order valence-corrected chi connectivity index (χ4v) is 3.33. The van der Waals surface area contributed by atoms with Gasteiger partial charge in [0.1, 0.15) is 0 Å². The SMILES string of the molecule is O=C(CSc1n[nH]c(=O)[nH]1)Nc1ccc(CN2CCOCC2)c(C(F)(F)F)c1. The van der Waals surface area contributed by atoms with E-state index in [1.807, 2.05) is 4.90 Å². The largest absolute Gasteiger partial charge is 0.416 e. The number of anilines is 1. The summed E-state index contributed by atoms with van der Waals surface area (Å²) in [5, 5.41) is 8.45. The summed E-state index contributed by atoms with van der Waals surface area (Å²) in [5.74, 6) is -0.625. The molecule has 1 amide bonds. The molecule has 1 aliphatic rings. The number of hydrogen-bond acceptors (Lipinski definition) is 6. The van der Waals surface area contributed by atoms with Crippen molar-refractivity contribution in [1.29, 1.82) is 0 Å². The second-order valence-electron chi connectivity index (χ2n) is 6.08. The van der Waals surface area contributed by atoms with Crippen molar-refractivity contribution in [3.8, 4) is 0 Å². The highest BCUT2D eigenvalue weighted by molar-refractivity contribution is 7.99. The number of alkyl halides is 3. The molecule has 0 radical (unpaired) electrons. The Labute approximate surface area is 161 Å². The number of halogens is 3. The highest BCUT2D eigenvalue weighted by Gasteiger charge is 2.34. The summed E-state index contributed by atoms with van der Waals surface area (Å²) >= 11 is 0.954. The second-order valence-corrected chi connectivity index (χ2v) is 7.04. The maximum atomic E-state index is 13.5. The van der Waals surface area contributed by atoms with Crippen LogP contribution < -0.4 is 11.0 Å². The van der Waals surface area contributed by atoms with Crippen LogP contribution in [0.4, 0.5) is 18.9 Å². The Kier molecular flexibility index (Phi) is 6.42. The van der Waals surface area contributed by atoms with Crippen molar-refractivity contribution >= 4 is 23.4 Å². The van der Waals surface area contributed by atoms with Gasteiger partial charge in [-0.1, -0.05) is 17.8 Å². The number of carbonyl (C=O) groups is 1. The van der Waals surface area contributed by atoms with Gasteiger partial charge in [0.2, 0.25) is 5.91 Å². The number of nitrogens with zero attached hydrogens (tertiary/aromatic N) is 2. The summed E-state index contributed by atoms with van der Waals surface area (Å²) in [4.78, 5) is 27.2. The van der Waals surface area contributed by atoms with E-state index in [4.69, 9.17) is 4.74 Å². The van der Waals surface area contributed by atoms with Gasteiger partial charge in [-0.05, 0) is 17.7 Å². The Morgan fingerprint density at radius 2 is 2.07 bits per heavy atom. The lowest BCUT2D eigenvalue weighted by atomic mass is 10.0. The molecule has 12 heteroatoms. The first-order valence-electron chi connectivity index (χ1n) is 8.39. The summed E-state index contributed by atoms with van der Waals surface area (Å²) in [6, 6.07) is 3.77. The molecule has 28 heavy (non-hydrogen) atoms. The predicted octanol–water partition coefficient (Wildman–Crippen LogP) is 1.68. The quantitative estimate of drug-likeness (QED) is 0.618. The van der Waals surface area contributed by atoms with Gasteiger partial charge in [-0.25, -0.2) is 9.89 Å². The number of nitrogens with one attached hydrogen (secondary N) is 3. The summed E-state index contributed by atoms with van der Waals surface area (Å²) in [6.45, 7) is 2.29. The van der Waals surface area contributed by atoms with Crippen LogP contribution in [0, 0.1) is 0 Å². The summed E-state index contributed by atoms with van der Waals surface area (Å²) in [7, 11) is 0. The van der Waals surface area contributed by atoms with Crippen LogP contribution in [0.3, 0.4) is 0 Å². The number of carbonyl (C=O) groups excluding carboxylic acids is 1. The minimum atomic E-state index is -4.54. The molecule has 0 spiro atoms. The first kappa shape index (κ1) is 20.4. The monoisotopic (exact) mass is 417 g/mol. The van der Waals surface area contributed by atoms with Crippen molar-refractivity contribution < 1.29 is 22.7 Å². The Morgan fingerprint density at radius 1 is 1.32 bits per heavy atom. The summed E-state index contributed by atoms with van der Waals surface area (Å²) in [5.41, 5.74) is -1.08. The van der Waals surface area contributed by atoms with Crippen LogP contribution in [0.2, 0.25) is 0 Å². The van der Waals surface area contributed by atoms with E-state index >= 15 is 0 Å². The van der Waals surface area contributed by atoms with E-state index in [-0.39, 0.29) is 28.7 Å². The average Bonchev–Trinajstić information content (AvgIpc) is 3.07. The fraction of sp³-hybridized carbons (Fsp3) is 0.438. The van der Waals surface area contributed by atoms with Gasteiger partial charge in [0.15, 0.2) is 5.16 Å². The molecule has 1 aromatic carbocycles. The minimum absolute atomic E-state index is 0.0548. The number of benzene rings is 1. The molecule has 1 aromatic heterocycles. The summed E-state index contributed by atoms with van der Waals surface area (Å²) < 4.78 is 45.7. The van der Waals surface area contributed by atoms with Gasteiger partial charge in [-0.2, -0.15) is 13.2 Å². The molecule has 1 fully saturated rings. The molecule has 3 rings (SSSR count). The van der Waals surface area contributed by atoms with Crippen LogP contribution in [-0.2, 0) is 22.3 Å². The van der Waals surface area contributed by atoms with Crippen LogP contribution in [0.15, 0.2) is 28.2 Å². The zero-order chi connectivity index (χ0) is 20.1. The number of rotatable bonds is 6. The smallest absolute Gasteiger partial charge is 0.379 e. The lowest BCUT2D eigenvalue weighted by molar-refractivity contribution is -0.138. The first-order valence-corrected chi connectivity index (χ1v) is 9.37. The van der Waals surface area contributed by atoms with E-state index in [0.29, 0.717) is 26.3 Å². The molecule has 2 aromatic rings. The molecular weight excluding hydrogens is 399 g/mol. The van der Waals surface area contributed by atoms with Gasteiger partial charge >= 0.3 is 11.9 Å². The third kappa shape index (κ3) is 5.59. The Balaban J connectivity index is 1.67. The van der Waals surface area contributed by atoms with Gasteiger partial charge in [-0.15, -0.1) is 5.10 Å². The molecule has 1 aliphatic heterocycles. The highest BCUT2D eigenvalue weighted by atomic mass is 32.2. The van der Waals surface area contributed by atoms with E-state index < -0.39 is 23.3 Å². The van der Waals surface area contributed by atoms with Crippen molar-refractivity contribution in [2.45, 2.75) is 17.9 Å². The molecule has 1 saturated heterocycles. The van der Waals surface area contributed by atoms with Crippen molar-refractivity contribution in [2.75, 3.05) is 37.4 Å². The number of hydrogen-bond donors (Lipinski definition) is 3. The molecule has 2 heterocycles. The number of aromatic amines is 2. The van der Waals surface area contributed by atoms with Gasteiger partial charge < -0.3 is 10.1 Å². The maximum absolute atomic E-state index is 13.5. The van der Waals surface area contributed by atoms with Crippen LogP contribution in [-0.4, -0.2) is 58.0 Å². The Hall–Kier alpha value is -2.31. The number of aromatic nitrogens is 3. The van der Waals surface area contributed by atoms with Crippen molar-refractivity contribution in [1.82, 2.24) is 20.1 Å². The summed E-state index contributed by atoms with van der Waals surface area (Å²) in [6.07, 6.45) is -4.54. The normalized spacial score (nSPS) is 15.5. The van der Waals surface area contributed by atoms with E-state index in [1.165, 1.54) is 12.1 Å². The maximum Gasteiger partial charge on any atom is 0.416 e. The average molecular weight is 417 g/mol. The van der Waals surface area contributed by atoms with Crippen LogP contribution in [0.5, 0.6) is 0 Å². The standard InChI is InChI=1S/C16H18F3N5O3S/c17-16(18,19)12-7-11(2-1-10(12)8-24-3-5-27-6-4-24)20-13(25)9-28-15-21-14(26)22-23-15/h1-2,7H,3-6,8-9H2,(H,20,25)(H2,21,22,23,26). The zero-order valence-electron chi connectivity index (χ0n) is 14.6. The van der Waals surface area contributed by atoms with Gasteiger partial charge in [-0.3, -0.25) is 14.7 Å². The van der Waals surface area contributed by atoms with Gasteiger partial charge in [0, 0.05) is 25.3 Å². The molecule has 8 nitrogen and oxygen atoms in total. The number of morpholine rings is 1. The van der Waals surface area contributed by atoms with Crippen LogP contribution >= 0.6 is 11.8 Å². The number of amides is 1. The second kappa shape index (κ2) is 8.80. The lowest BCUT2D eigenvalue weighted by Gasteiger charge is -2.27. The van der Waals surface area contributed by atoms with Gasteiger partial charge in [0.25, 0.3) is 0 Å². The van der Waals surface area contributed by atoms with E-state index in [9.17, 15) is 22.8 Å². The van der Waals surface area contributed by atoms with Crippen LogP contribution in [0.1, 0.15) is 11.1 Å². The molecule has 0 unspecified atom stereocenters. The number of H-pyrrole nitrogens is 2. The molecule has 0 bridgehead atoms.